The van der Waals surface area contributed by atoms with E-state index in [4.69, 9.17) is 4.74 Å². The normalized spacial score (nSPS) is 22.1. The van der Waals surface area contributed by atoms with Gasteiger partial charge in [-0.25, -0.2) is 4.79 Å². The van der Waals surface area contributed by atoms with E-state index in [0.29, 0.717) is 0 Å². The summed E-state index contributed by atoms with van der Waals surface area (Å²) in [5.41, 5.74) is 0.154. The standard InChI is InChI=1S/C15H26N2O3/c1-10(2)12(18)16-13(19)20-11-8-14(3,4)17(7)15(5,6)9-11/h11H,1,8-9H2,2-7H3,(H,16,18,19). The quantitative estimate of drug-likeness (QED) is 0.790. The highest BCUT2D eigenvalue weighted by molar-refractivity contribution is 6.01. The van der Waals surface area contributed by atoms with Gasteiger partial charge in [0.25, 0.3) is 5.91 Å². The molecular formula is C15H26N2O3. The van der Waals surface area contributed by atoms with Gasteiger partial charge in [0.15, 0.2) is 0 Å². The van der Waals surface area contributed by atoms with Crippen LogP contribution >= 0.6 is 0 Å². The molecule has 1 fully saturated rings. The van der Waals surface area contributed by atoms with Crippen LogP contribution in [0.3, 0.4) is 0 Å². The Morgan fingerprint density at radius 1 is 1.20 bits per heavy atom. The summed E-state index contributed by atoms with van der Waals surface area (Å²) in [5.74, 6) is -0.499. The molecule has 1 aliphatic heterocycles. The summed E-state index contributed by atoms with van der Waals surface area (Å²) in [6.07, 6.45) is 0.580. The Morgan fingerprint density at radius 2 is 1.65 bits per heavy atom. The first kappa shape index (κ1) is 16.7. The summed E-state index contributed by atoms with van der Waals surface area (Å²) in [6, 6.07) is 0. The number of alkyl carbamates (subject to hydrolysis) is 1. The molecule has 0 saturated carbocycles. The summed E-state index contributed by atoms with van der Waals surface area (Å²) in [5, 5.41) is 2.18. The van der Waals surface area contributed by atoms with E-state index in [-0.39, 0.29) is 22.8 Å². The van der Waals surface area contributed by atoms with Gasteiger partial charge in [-0.15, -0.1) is 0 Å². The maximum absolute atomic E-state index is 11.7. The predicted octanol–water partition coefficient (Wildman–Crippen LogP) is 2.47. The van der Waals surface area contributed by atoms with Crippen LogP contribution < -0.4 is 5.32 Å². The van der Waals surface area contributed by atoms with E-state index >= 15 is 0 Å². The number of hydrogen-bond acceptors (Lipinski definition) is 4. The second-order valence-electron chi connectivity index (χ2n) is 6.85. The number of piperidine rings is 1. The maximum atomic E-state index is 11.7. The Morgan fingerprint density at radius 3 is 2.05 bits per heavy atom. The molecule has 5 nitrogen and oxygen atoms in total. The highest BCUT2D eigenvalue weighted by atomic mass is 16.6. The third kappa shape index (κ3) is 3.82. The summed E-state index contributed by atoms with van der Waals surface area (Å²) < 4.78 is 5.39. The van der Waals surface area contributed by atoms with Crippen molar-refractivity contribution in [1.29, 1.82) is 0 Å². The first-order chi connectivity index (χ1) is 8.95. The molecule has 1 heterocycles. The van der Waals surface area contributed by atoms with Crippen LogP contribution in [-0.2, 0) is 9.53 Å². The molecule has 0 aromatic carbocycles. The van der Waals surface area contributed by atoms with Crippen LogP contribution in [0.5, 0.6) is 0 Å². The zero-order valence-electron chi connectivity index (χ0n) is 13.4. The number of amides is 2. The van der Waals surface area contributed by atoms with Crippen LogP contribution in [-0.4, -0.2) is 41.1 Å². The lowest BCUT2D eigenvalue weighted by Gasteiger charge is -2.53. The lowest BCUT2D eigenvalue weighted by molar-refractivity contribution is -0.117. The van der Waals surface area contributed by atoms with E-state index in [1.807, 2.05) is 0 Å². The number of nitrogens with zero attached hydrogens (tertiary/aromatic N) is 1. The summed E-state index contributed by atoms with van der Waals surface area (Å²) in [4.78, 5) is 25.4. The Hall–Kier alpha value is -1.36. The number of nitrogens with one attached hydrogen (secondary N) is 1. The van der Waals surface area contributed by atoms with Crippen LogP contribution in [0.4, 0.5) is 4.79 Å². The molecule has 1 saturated heterocycles. The number of rotatable bonds is 2. The molecule has 0 aromatic rings. The summed E-state index contributed by atoms with van der Waals surface area (Å²) >= 11 is 0. The van der Waals surface area contributed by atoms with Gasteiger partial charge in [0.05, 0.1) is 0 Å². The van der Waals surface area contributed by atoms with Crippen molar-refractivity contribution in [2.24, 2.45) is 0 Å². The van der Waals surface area contributed by atoms with Crippen molar-refractivity contribution in [2.75, 3.05) is 7.05 Å². The van der Waals surface area contributed by atoms with E-state index in [9.17, 15) is 9.59 Å². The molecular weight excluding hydrogens is 256 g/mol. The van der Waals surface area contributed by atoms with Gasteiger partial charge in [0.2, 0.25) is 0 Å². The van der Waals surface area contributed by atoms with Crippen molar-refractivity contribution in [1.82, 2.24) is 10.2 Å². The van der Waals surface area contributed by atoms with Crippen LogP contribution in [0.15, 0.2) is 12.2 Å². The molecule has 5 heteroatoms. The average molecular weight is 282 g/mol. The Bertz CT molecular complexity index is 409. The van der Waals surface area contributed by atoms with Crippen molar-refractivity contribution in [2.45, 2.75) is 64.6 Å². The van der Waals surface area contributed by atoms with Gasteiger partial charge in [0, 0.05) is 29.5 Å². The average Bonchev–Trinajstić information content (AvgIpc) is 2.24. The number of carbonyl (C=O) groups is 2. The number of carbonyl (C=O) groups excluding carboxylic acids is 2. The van der Waals surface area contributed by atoms with Crippen molar-refractivity contribution < 1.29 is 14.3 Å². The van der Waals surface area contributed by atoms with Gasteiger partial charge in [-0.05, 0) is 41.7 Å². The number of imide groups is 1. The van der Waals surface area contributed by atoms with Gasteiger partial charge in [-0.3, -0.25) is 15.0 Å². The molecule has 0 aliphatic carbocycles. The molecule has 2 amide bonds. The number of ether oxygens (including phenoxy) is 1. The second kappa shape index (κ2) is 5.56. The fourth-order valence-electron chi connectivity index (χ4n) is 2.74. The van der Waals surface area contributed by atoms with Crippen LogP contribution in [0, 0.1) is 0 Å². The van der Waals surface area contributed by atoms with Crippen molar-refractivity contribution in [3.05, 3.63) is 12.2 Å². The molecule has 1 aliphatic rings. The molecule has 0 radical (unpaired) electrons. The monoisotopic (exact) mass is 282 g/mol. The predicted molar refractivity (Wildman–Crippen MR) is 78.4 cm³/mol. The van der Waals surface area contributed by atoms with Gasteiger partial charge >= 0.3 is 6.09 Å². The van der Waals surface area contributed by atoms with Crippen molar-refractivity contribution in [3.63, 3.8) is 0 Å². The van der Waals surface area contributed by atoms with E-state index < -0.39 is 12.0 Å². The molecule has 0 atom stereocenters. The van der Waals surface area contributed by atoms with Crippen molar-refractivity contribution >= 4 is 12.0 Å². The van der Waals surface area contributed by atoms with Crippen LogP contribution in [0.1, 0.15) is 47.5 Å². The lowest BCUT2D eigenvalue weighted by Crippen LogP contribution is -2.60. The maximum Gasteiger partial charge on any atom is 0.414 e. The Balaban J connectivity index is 2.67. The first-order valence-corrected chi connectivity index (χ1v) is 6.87. The number of likely N-dealkylation sites (tertiary alicyclic amines) is 1. The molecule has 0 aromatic heterocycles. The van der Waals surface area contributed by atoms with Gasteiger partial charge in [-0.1, -0.05) is 6.58 Å². The topological polar surface area (TPSA) is 58.6 Å². The highest BCUT2D eigenvalue weighted by Crippen LogP contribution is 2.38. The highest BCUT2D eigenvalue weighted by Gasteiger charge is 2.44. The van der Waals surface area contributed by atoms with Gasteiger partial charge in [0.1, 0.15) is 6.10 Å². The van der Waals surface area contributed by atoms with E-state index in [1.54, 1.807) is 6.92 Å². The van der Waals surface area contributed by atoms with Gasteiger partial charge in [-0.2, -0.15) is 0 Å². The van der Waals surface area contributed by atoms with Crippen molar-refractivity contribution in [3.8, 4) is 0 Å². The van der Waals surface area contributed by atoms with E-state index in [2.05, 4.69) is 51.5 Å². The summed E-state index contributed by atoms with van der Waals surface area (Å²) in [6.45, 7) is 13.5. The van der Waals surface area contributed by atoms with E-state index in [1.165, 1.54) is 0 Å². The molecule has 0 bridgehead atoms. The Kier molecular flexibility index (Phi) is 4.64. The van der Waals surface area contributed by atoms with Crippen LogP contribution in [0.25, 0.3) is 0 Å². The third-order valence-electron chi connectivity index (χ3n) is 4.15. The molecule has 1 N–H and O–H groups in total. The van der Waals surface area contributed by atoms with E-state index in [0.717, 1.165) is 12.8 Å². The third-order valence-corrected chi connectivity index (χ3v) is 4.15. The zero-order valence-corrected chi connectivity index (χ0v) is 13.4. The fraction of sp³-hybridized carbons (Fsp3) is 0.733. The molecule has 1 rings (SSSR count). The number of hydrogen-bond donors (Lipinski definition) is 1. The minimum Gasteiger partial charge on any atom is -0.446 e. The minimum absolute atomic E-state index is 0.0644. The fourth-order valence-corrected chi connectivity index (χ4v) is 2.74. The second-order valence-corrected chi connectivity index (χ2v) is 6.85. The van der Waals surface area contributed by atoms with Crippen LogP contribution in [0.2, 0.25) is 0 Å². The first-order valence-electron chi connectivity index (χ1n) is 6.87. The molecule has 0 unspecified atom stereocenters. The zero-order chi connectivity index (χ0) is 15.7. The lowest BCUT2D eigenvalue weighted by atomic mass is 9.79. The Labute approximate surface area is 121 Å². The molecule has 20 heavy (non-hydrogen) atoms. The summed E-state index contributed by atoms with van der Waals surface area (Å²) in [7, 11) is 2.08. The smallest absolute Gasteiger partial charge is 0.414 e. The molecule has 0 spiro atoms. The molecule has 114 valence electrons. The van der Waals surface area contributed by atoms with Gasteiger partial charge < -0.3 is 4.74 Å². The SMILES string of the molecule is C=C(C)C(=O)NC(=O)OC1CC(C)(C)N(C)C(C)(C)C1. The largest absolute Gasteiger partial charge is 0.446 e. The minimum atomic E-state index is -0.695.